The van der Waals surface area contributed by atoms with Gasteiger partial charge in [-0.05, 0) is 30.2 Å². The summed E-state index contributed by atoms with van der Waals surface area (Å²) < 4.78 is 40.3. The zero-order valence-corrected chi connectivity index (χ0v) is 13.8. The molecule has 0 bridgehead atoms. The average Bonchev–Trinajstić information content (AvgIpc) is 2.66. The molecule has 0 saturated carbocycles. The van der Waals surface area contributed by atoms with Crippen LogP contribution in [-0.2, 0) is 6.18 Å². The SMILES string of the molecule is O=C(c1cccc(C(F)(F)F)c1C#Cc1ccccn1)N1CC[N]CC1. The van der Waals surface area contributed by atoms with Crippen molar-refractivity contribution in [2.45, 2.75) is 6.18 Å². The lowest BCUT2D eigenvalue weighted by Crippen LogP contribution is -2.44. The summed E-state index contributed by atoms with van der Waals surface area (Å²) in [6.07, 6.45) is -3.11. The number of nitrogens with zero attached hydrogens (tertiary/aromatic N) is 3. The molecule has 26 heavy (non-hydrogen) atoms. The first-order valence-corrected chi connectivity index (χ1v) is 8.02. The van der Waals surface area contributed by atoms with E-state index in [0.717, 1.165) is 6.07 Å². The molecule has 1 radical (unpaired) electrons. The first-order chi connectivity index (χ1) is 12.5. The molecular formula is C19H15F3N3O. The van der Waals surface area contributed by atoms with Crippen LogP contribution in [-0.4, -0.2) is 42.0 Å². The molecule has 0 aliphatic carbocycles. The largest absolute Gasteiger partial charge is 0.417 e. The van der Waals surface area contributed by atoms with E-state index in [2.05, 4.69) is 22.1 Å². The molecule has 3 rings (SSSR count). The van der Waals surface area contributed by atoms with E-state index in [9.17, 15) is 18.0 Å². The lowest BCUT2D eigenvalue weighted by molar-refractivity contribution is -0.137. The number of benzene rings is 1. The maximum Gasteiger partial charge on any atom is 0.417 e. The van der Waals surface area contributed by atoms with Crippen LogP contribution in [0, 0.1) is 11.8 Å². The lowest BCUT2D eigenvalue weighted by atomic mass is 9.99. The fraction of sp³-hybridized carbons (Fsp3) is 0.263. The third-order valence-corrected chi connectivity index (χ3v) is 3.92. The van der Waals surface area contributed by atoms with E-state index in [4.69, 9.17) is 0 Å². The van der Waals surface area contributed by atoms with Crippen LogP contribution in [0.2, 0.25) is 0 Å². The van der Waals surface area contributed by atoms with Crippen molar-refractivity contribution in [3.05, 3.63) is 65.0 Å². The zero-order chi connectivity index (χ0) is 18.6. The summed E-state index contributed by atoms with van der Waals surface area (Å²) >= 11 is 0. The smallest absolute Gasteiger partial charge is 0.336 e. The summed E-state index contributed by atoms with van der Waals surface area (Å²) in [5.41, 5.74) is -0.962. The molecule has 0 spiro atoms. The number of hydrogen-bond donors (Lipinski definition) is 0. The monoisotopic (exact) mass is 358 g/mol. The van der Waals surface area contributed by atoms with Crippen molar-refractivity contribution in [3.8, 4) is 11.8 Å². The van der Waals surface area contributed by atoms with E-state index in [0.29, 0.717) is 31.9 Å². The van der Waals surface area contributed by atoms with E-state index in [-0.39, 0.29) is 11.1 Å². The van der Waals surface area contributed by atoms with E-state index < -0.39 is 17.6 Å². The van der Waals surface area contributed by atoms with Gasteiger partial charge in [-0.25, -0.2) is 10.3 Å². The second-order valence-electron chi connectivity index (χ2n) is 5.65. The van der Waals surface area contributed by atoms with Crippen LogP contribution in [0.15, 0.2) is 42.6 Å². The van der Waals surface area contributed by atoms with Gasteiger partial charge in [0.25, 0.3) is 5.91 Å². The molecule has 1 saturated heterocycles. The van der Waals surface area contributed by atoms with Gasteiger partial charge in [-0.15, -0.1) is 0 Å². The standard InChI is InChI=1S/C19H15F3N3O/c20-19(21,22)17-6-3-5-16(18(26)25-12-10-23-11-13-25)15(17)8-7-14-4-1-2-9-24-14/h1-6,9H,10-13H2. The number of halogens is 3. The van der Waals surface area contributed by atoms with Gasteiger partial charge in [-0.1, -0.05) is 18.1 Å². The number of alkyl halides is 3. The number of hydrogen-bond acceptors (Lipinski definition) is 2. The van der Waals surface area contributed by atoms with Crippen molar-refractivity contribution in [2.24, 2.45) is 0 Å². The summed E-state index contributed by atoms with van der Waals surface area (Å²) in [6.45, 7) is 1.75. The molecule has 1 amide bonds. The fourth-order valence-electron chi connectivity index (χ4n) is 2.64. The van der Waals surface area contributed by atoms with Crippen molar-refractivity contribution in [3.63, 3.8) is 0 Å². The number of aromatic nitrogens is 1. The quantitative estimate of drug-likeness (QED) is 0.736. The highest BCUT2D eigenvalue weighted by Crippen LogP contribution is 2.33. The molecule has 2 heterocycles. The zero-order valence-electron chi connectivity index (χ0n) is 13.8. The van der Waals surface area contributed by atoms with Gasteiger partial charge in [0.15, 0.2) is 0 Å². The third kappa shape index (κ3) is 4.03. The number of piperazine rings is 1. The Balaban J connectivity index is 2.07. The highest BCUT2D eigenvalue weighted by atomic mass is 19.4. The molecule has 2 aromatic rings. The molecule has 0 N–H and O–H groups in total. The Morgan fingerprint density at radius 1 is 1.04 bits per heavy atom. The van der Waals surface area contributed by atoms with Gasteiger partial charge < -0.3 is 4.90 Å². The average molecular weight is 358 g/mol. The molecule has 7 heteroatoms. The Morgan fingerprint density at radius 3 is 2.46 bits per heavy atom. The molecule has 4 nitrogen and oxygen atoms in total. The van der Waals surface area contributed by atoms with E-state index >= 15 is 0 Å². The Hall–Kier alpha value is -2.85. The van der Waals surface area contributed by atoms with E-state index in [1.54, 1.807) is 18.2 Å². The van der Waals surface area contributed by atoms with Crippen molar-refractivity contribution in [1.82, 2.24) is 15.2 Å². The van der Waals surface area contributed by atoms with Gasteiger partial charge in [0.05, 0.1) is 11.1 Å². The van der Waals surface area contributed by atoms with Gasteiger partial charge in [0.2, 0.25) is 0 Å². The van der Waals surface area contributed by atoms with Crippen LogP contribution in [0.4, 0.5) is 13.2 Å². The van der Waals surface area contributed by atoms with Crippen LogP contribution in [0.1, 0.15) is 27.2 Å². The summed E-state index contributed by atoms with van der Waals surface area (Å²) in [5.74, 6) is 4.68. The van der Waals surface area contributed by atoms with Crippen molar-refractivity contribution >= 4 is 5.91 Å². The number of pyridine rings is 1. The Morgan fingerprint density at radius 2 is 1.81 bits per heavy atom. The lowest BCUT2D eigenvalue weighted by Gasteiger charge is -2.27. The Labute approximate surface area is 149 Å². The summed E-state index contributed by atoms with van der Waals surface area (Å²) in [7, 11) is 0. The molecule has 1 aliphatic heterocycles. The molecule has 133 valence electrons. The molecular weight excluding hydrogens is 343 g/mol. The normalized spacial score (nSPS) is 14.5. The molecule has 1 aliphatic rings. The summed E-state index contributed by atoms with van der Waals surface area (Å²) in [4.78, 5) is 18.2. The number of rotatable bonds is 1. The predicted molar refractivity (Wildman–Crippen MR) is 89.4 cm³/mol. The second kappa shape index (κ2) is 7.58. The van der Waals surface area contributed by atoms with Gasteiger partial charge in [-0.3, -0.25) is 4.79 Å². The summed E-state index contributed by atoms with van der Waals surface area (Å²) in [6, 6.07) is 8.52. The van der Waals surface area contributed by atoms with Crippen molar-refractivity contribution < 1.29 is 18.0 Å². The van der Waals surface area contributed by atoms with Crippen LogP contribution < -0.4 is 5.32 Å². The molecule has 1 aromatic carbocycles. The topological polar surface area (TPSA) is 47.3 Å². The van der Waals surface area contributed by atoms with E-state index in [1.165, 1.54) is 23.2 Å². The van der Waals surface area contributed by atoms with Gasteiger partial charge >= 0.3 is 6.18 Å². The van der Waals surface area contributed by atoms with Crippen LogP contribution in [0.3, 0.4) is 0 Å². The van der Waals surface area contributed by atoms with E-state index in [1.807, 2.05) is 0 Å². The fourth-order valence-corrected chi connectivity index (χ4v) is 2.64. The third-order valence-electron chi connectivity index (χ3n) is 3.92. The summed E-state index contributed by atoms with van der Waals surface area (Å²) in [5, 5.41) is 4.15. The highest BCUT2D eigenvalue weighted by molar-refractivity contribution is 5.97. The van der Waals surface area contributed by atoms with Crippen LogP contribution >= 0.6 is 0 Å². The number of carbonyl (C=O) groups excluding carboxylic acids is 1. The maximum atomic E-state index is 13.4. The predicted octanol–water partition coefficient (Wildman–Crippen LogP) is 2.56. The first kappa shape index (κ1) is 18.0. The van der Waals surface area contributed by atoms with Crippen LogP contribution in [0.5, 0.6) is 0 Å². The van der Waals surface area contributed by atoms with Crippen LogP contribution in [0.25, 0.3) is 0 Å². The van der Waals surface area contributed by atoms with Gasteiger partial charge in [0, 0.05) is 37.9 Å². The number of amides is 1. The molecule has 1 fully saturated rings. The van der Waals surface area contributed by atoms with Crippen molar-refractivity contribution in [1.29, 1.82) is 0 Å². The van der Waals surface area contributed by atoms with Gasteiger partial charge in [-0.2, -0.15) is 13.2 Å². The molecule has 0 atom stereocenters. The highest BCUT2D eigenvalue weighted by Gasteiger charge is 2.35. The Kier molecular flexibility index (Phi) is 5.24. The molecule has 0 unspecified atom stereocenters. The minimum atomic E-state index is -4.61. The van der Waals surface area contributed by atoms with Gasteiger partial charge in [0.1, 0.15) is 5.69 Å². The maximum absolute atomic E-state index is 13.4. The minimum absolute atomic E-state index is 0.0508. The Bertz CT molecular complexity index is 848. The van der Waals surface area contributed by atoms with Crippen molar-refractivity contribution in [2.75, 3.05) is 26.2 Å². The minimum Gasteiger partial charge on any atom is -0.336 e. The second-order valence-corrected chi connectivity index (χ2v) is 5.65. The molecule has 1 aromatic heterocycles. The number of carbonyl (C=O) groups is 1. The first-order valence-electron chi connectivity index (χ1n) is 8.02.